The fourth-order valence-corrected chi connectivity index (χ4v) is 2.03. The molecule has 0 atom stereocenters. The van der Waals surface area contributed by atoms with Crippen molar-refractivity contribution < 1.29 is 4.79 Å². The first-order valence-electron chi connectivity index (χ1n) is 5.40. The second-order valence-electron chi connectivity index (χ2n) is 3.95. The van der Waals surface area contributed by atoms with Gasteiger partial charge in [0.1, 0.15) is 0 Å². The zero-order valence-corrected chi connectivity index (χ0v) is 8.78. The van der Waals surface area contributed by atoms with Crippen molar-refractivity contribution in [3.63, 3.8) is 0 Å². The number of amides is 1. The molecule has 0 radical (unpaired) electrons. The Balaban J connectivity index is 2.00. The van der Waals surface area contributed by atoms with Gasteiger partial charge >= 0.3 is 0 Å². The second kappa shape index (κ2) is 4.94. The summed E-state index contributed by atoms with van der Waals surface area (Å²) in [6, 6.07) is 8.03. The first kappa shape index (κ1) is 10.2. The molecule has 1 aromatic rings. The van der Waals surface area contributed by atoms with Crippen LogP contribution in [-0.2, 0) is 11.3 Å². The molecule has 0 saturated carbocycles. The van der Waals surface area contributed by atoms with E-state index in [9.17, 15) is 4.79 Å². The lowest BCUT2D eigenvalue weighted by Gasteiger charge is -2.14. The van der Waals surface area contributed by atoms with Gasteiger partial charge in [-0.05, 0) is 43.6 Å². The molecule has 3 nitrogen and oxygen atoms in total. The minimum absolute atomic E-state index is 0.717. The Hall–Kier alpha value is -1.35. The molecule has 1 N–H and O–H groups in total. The molecule has 0 bridgehead atoms. The molecule has 0 aromatic heterocycles. The molecule has 1 amide bonds. The number of rotatable bonds is 4. The van der Waals surface area contributed by atoms with Crippen molar-refractivity contribution in [3.8, 4) is 0 Å². The van der Waals surface area contributed by atoms with Crippen molar-refractivity contribution in [3.05, 3.63) is 29.8 Å². The third-order valence-corrected chi connectivity index (χ3v) is 2.76. The van der Waals surface area contributed by atoms with Gasteiger partial charge in [-0.1, -0.05) is 12.1 Å². The van der Waals surface area contributed by atoms with Crippen LogP contribution in [0.2, 0.25) is 0 Å². The largest absolute Gasteiger partial charge is 0.329 e. The van der Waals surface area contributed by atoms with Crippen LogP contribution in [0.3, 0.4) is 0 Å². The highest BCUT2D eigenvalue weighted by atomic mass is 16.1. The molecule has 1 aliphatic rings. The van der Waals surface area contributed by atoms with Crippen LogP contribution in [0.25, 0.3) is 0 Å². The summed E-state index contributed by atoms with van der Waals surface area (Å²) in [5.41, 5.74) is 2.14. The maximum atomic E-state index is 10.3. The van der Waals surface area contributed by atoms with Crippen molar-refractivity contribution in [1.82, 2.24) is 4.90 Å². The number of benzene rings is 1. The Kier molecular flexibility index (Phi) is 3.35. The van der Waals surface area contributed by atoms with Crippen molar-refractivity contribution in [1.29, 1.82) is 0 Å². The molecule has 1 fully saturated rings. The van der Waals surface area contributed by atoms with Crippen molar-refractivity contribution in [2.75, 3.05) is 18.4 Å². The van der Waals surface area contributed by atoms with Crippen LogP contribution in [0.1, 0.15) is 18.4 Å². The summed E-state index contributed by atoms with van der Waals surface area (Å²) in [5, 5.41) is 2.67. The fraction of sp³-hybridized carbons (Fsp3) is 0.417. The maximum Gasteiger partial charge on any atom is 0.211 e. The van der Waals surface area contributed by atoms with E-state index in [0.29, 0.717) is 0 Å². The van der Waals surface area contributed by atoms with Gasteiger partial charge in [-0.2, -0.15) is 0 Å². The zero-order valence-electron chi connectivity index (χ0n) is 8.78. The average molecular weight is 204 g/mol. The summed E-state index contributed by atoms with van der Waals surface area (Å²) in [7, 11) is 0. The van der Waals surface area contributed by atoms with Gasteiger partial charge in [-0.25, -0.2) is 0 Å². The van der Waals surface area contributed by atoms with Crippen LogP contribution in [-0.4, -0.2) is 24.4 Å². The smallest absolute Gasteiger partial charge is 0.211 e. The first-order chi connectivity index (χ1) is 7.38. The van der Waals surface area contributed by atoms with Crippen LogP contribution in [0.15, 0.2) is 24.3 Å². The average Bonchev–Trinajstić information content (AvgIpc) is 2.71. The summed E-state index contributed by atoms with van der Waals surface area (Å²) < 4.78 is 0. The molecule has 1 heterocycles. The molecule has 1 aliphatic heterocycles. The number of hydrogen-bond acceptors (Lipinski definition) is 2. The first-order valence-corrected chi connectivity index (χ1v) is 5.40. The second-order valence-corrected chi connectivity index (χ2v) is 3.95. The van der Waals surface area contributed by atoms with Gasteiger partial charge in [-0.15, -0.1) is 0 Å². The number of nitrogens with zero attached hydrogens (tertiary/aromatic N) is 1. The number of anilines is 1. The molecular weight excluding hydrogens is 188 g/mol. The lowest BCUT2D eigenvalue weighted by atomic mass is 10.2. The van der Waals surface area contributed by atoms with Crippen LogP contribution in [0.5, 0.6) is 0 Å². The van der Waals surface area contributed by atoms with Gasteiger partial charge < -0.3 is 5.32 Å². The van der Waals surface area contributed by atoms with E-state index in [4.69, 9.17) is 0 Å². The standard InChI is InChI=1S/C12H16N2O/c15-10-13-12-5-3-4-11(8-12)9-14-6-1-2-7-14/h3-5,8,10H,1-2,6-7,9H2,(H,13,15). The van der Waals surface area contributed by atoms with E-state index in [0.717, 1.165) is 18.6 Å². The van der Waals surface area contributed by atoms with E-state index in [-0.39, 0.29) is 0 Å². The number of hydrogen-bond donors (Lipinski definition) is 1. The molecule has 0 aliphatic carbocycles. The summed E-state index contributed by atoms with van der Waals surface area (Å²) >= 11 is 0. The Bertz CT molecular complexity index is 332. The molecule has 1 aromatic carbocycles. The van der Waals surface area contributed by atoms with Gasteiger partial charge in [0, 0.05) is 12.2 Å². The third-order valence-electron chi connectivity index (χ3n) is 2.76. The zero-order chi connectivity index (χ0) is 10.5. The summed E-state index contributed by atoms with van der Waals surface area (Å²) in [6.45, 7) is 3.39. The van der Waals surface area contributed by atoms with Crippen LogP contribution in [0.4, 0.5) is 5.69 Å². The van der Waals surface area contributed by atoms with Gasteiger partial charge in [-0.3, -0.25) is 9.69 Å². The van der Waals surface area contributed by atoms with E-state index in [1.807, 2.05) is 18.2 Å². The van der Waals surface area contributed by atoms with Crippen LogP contribution >= 0.6 is 0 Å². The SMILES string of the molecule is O=CNc1cccc(CN2CCCC2)c1. The maximum absolute atomic E-state index is 10.3. The van der Waals surface area contributed by atoms with Crippen LogP contribution < -0.4 is 5.32 Å². The molecule has 3 heteroatoms. The number of carbonyl (C=O) groups excluding carboxylic acids is 1. The summed E-state index contributed by atoms with van der Waals surface area (Å²) in [4.78, 5) is 12.8. The molecular formula is C12H16N2O. The Morgan fingerprint density at radius 2 is 2.13 bits per heavy atom. The summed E-state index contributed by atoms with van der Waals surface area (Å²) in [5.74, 6) is 0. The minimum Gasteiger partial charge on any atom is -0.329 e. The lowest BCUT2D eigenvalue weighted by Crippen LogP contribution is -2.18. The van der Waals surface area contributed by atoms with E-state index in [1.165, 1.54) is 31.5 Å². The highest BCUT2D eigenvalue weighted by Gasteiger charge is 2.11. The lowest BCUT2D eigenvalue weighted by molar-refractivity contribution is -0.105. The molecule has 2 rings (SSSR count). The minimum atomic E-state index is 0.717. The predicted octanol–water partition coefficient (Wildman–Crippen LogP) is 1.85. The van der Waals surface area contributed by atoms with E-state index < -0.39 is 0 Å². The monoisotopic (exact) mass is 204 g/mol. The Labute approximate surface area is 90.1 Å². The Morgan fingerprint density at radius 3 is 2.87 bits per heavy atom. The number of nitrogens with one attached hydrogen (secondary N) is 1. The quantitative estimate of drug-likeness (QED) is 0.759. The van der Waals surface area contributed by atoms with Crippen molar-refractivity contribution >= 4 is 12.1 Å². The van der Waals surface area contributed by atoms with E-state index in [2.05, 4.69) is 16.3 Å². The van der Waals surface area contributed by atoms with E-state index in [1.54, 1.807) is 0 Å². The highest BCUT2D eigenvalue weighted by molar-refractivity contribution is 5.71. The van der Waals surface area contributed by atoms with Crippen molar-refractivity contribution in [2.45, 2.75) is 19.4 Å². The molecule has 80 valence electrons. The summed E-state index contributed by atoms with van der Waals surface area (Å²) in [6.07, 6.45) is 3.34. The fourth-order valence-electron chi connectivity index (χ4n) is 2.03. The van der Waals surface area contributed by atoms with Gasteiger partial charge in [0.15, 0.2) is 0 Å². The normalized spacial score (nSPS) is 16.5. The topological polar surface area (TPSA) is 32.3 Å². The van der Waals surface area contributed by atoms with E-state index >= 15 is 0 Å². The van der Waals surface area contributed by atoms with Gasteiger partial charge in [0.2, 0.25) is 6.41 Å². The predicted molar refractivity (Wildman–Crippen MR) is 60.6 cm³/mol. The highest BCUT2D eigenvalue weighted by Crippen LogP contribution is 2.15. The number of likely N-dealkylation sites (tertiary alicyclic amines) is 1. The number of carbonyl (C=O) groups is 1. The van der Waals surface area contributed by atoms with Gasteiger partial charge in [0.05, 0.1) is 0 Å². The molecule has 1 saturated heterocycles. The van der Waals surface area contributed by atoms with Crippen molar-refractivity contribution in [2.24, 2.45) is 0 Å². The molecule has 0 spiro atoms. The molecule has 0 unspecified atom stereocenters. The molecule has 15 heavy (non-hydrogen) atoms. The van der Waals surface area contributed by atoms with Crippen LogP contribution in [0, 0.1) is 0 Å². The van der Waals surface area contributed by atoms with Gasteiger partial charge in [0.25, 0.3) is 0 Å². The Morgan fingerprint density at radius 1 is 1.33 bits per heavy atom. The third kappa shape index (κ3) is 2.80.